The highest BCUT2D eigenvalue weighted by molar-refractivity contribution is 5.99. The van der Waals surface area contributed by atoms with Gasteiger partial charge in [0.1, 0.15) is 0 Å². The van der Waals surface area contributed by atoms with Crippen molar-refractivity contribution in [1.82, 2.24) is 10.2 Å². The average Bonchev–Trinajstić information content (AvgIpc) is 3.08. The van der Waals surface area contributed by atoms with E-state index in [1.165, 1.54) is 5.56 Å². The van der Waals surface area contributed by atoms with Crippen LogP contribution in [-0.4, -0.2) is 50.4 Å². The van der Waals surface area contributed by atoms with Crippen LogP contribution in [-0.2, 0) is 16.0 Å². The van der Waals surface area contributed by atoms with Gasteiger partial charge in [0.15, 0.2) is 0 Å². The van der Waals surface area contributed by atoms with Gasteiger partial charge in [0.25, 0.3) is 0 Å². The SMILES string of the molecule is CN(C)CCCNC(=O)C1CCCCC1C(=O)N1CCc2ccccc21. The van der Waals surface area contributed by atoms with Gasteiger partial charge in [0, 0.05) is 24.7 Å². The van der Waals surface area contributed by atoms with Crippen LogP contribution in [0.25, 0.3) is 0 Å². The number of carbonyl (C=O) groups is 2. The van der Waals surface area contributed by atoms with Gasteiger partial charge in [-0.3, -0.25) is 9.59 Å². The molecule has 0 radical (unpaired) electrons. The first-order valence-electron chi connectivity index (χ1n) is 9.89. The van der Waals surface area contributed by atoms with Crippen LogP contribution in [0.3, 0.4) is 0 Å². The van der Waals surface area contributed by atoms with Crippen molar-refractivity contribution in [3.8, 4) is 0 Å². The Morgan fingerprint density at radius 1 is 1.15 bits per heavy atom. The second-order valence-corrected chi connectivity index (χ2v) is 7.81. The van der Waals surface area contributed by atoms with E-state index in [4.69, 9.17) is 0 Å². The number of nitrogens with zero attached hydrogens (tertiary/aromatic N) is 2. The molecule has 2 unspecified atom stereocenters. The van der Waals surface area contributed by atoms with E-state index in [1.807, 2.05) is 37.2 Å². The minimum absolute atomic E-state index is 0.0642. The third-order valence-electron chi connectivity index (χ3n) is 5.65. The standard InChI is InChI=1S/C21H31N3O2/c1-23(2)14-7-13-22-20(25)17-9-4-5-10-18(17)21(26)24-15-12-16-8-3-6-11-19(16)24/h3,6,8,11,17-18H,4-5,7,9-10,12-15H2,1-2H3,(H,22,25). The number of anilines is 1. The Kier molecular flexibility index (Phi) is 6.30. The Bertz CT molecular complexity index is 644. The highest BCUT2D eigenvalue weighted by atomic mass is 16.2. The first-order chi connectivity index (χ1) is 12.6. The van der Waals surface area contributed by atoms with Crippen molar-refractivity contribution in [2.45, 2.75) is 38.5 Å². The minimum Gasteiger partial charge on any atom is -0.356 e. The van der Waals surface area contributed by atoms with Crippen LogP contribution in [0.4, 0.5) is 5.69 Å². The number of hydrogen-bond donors (Lipinski definition) is 1. The van der Waals surface area contributed by atoms with Crippen molar-refractivity contribution >= 4 is 17.5 Å². The number of hydrogen-bond acceptors (Lipinski definition) is 3. The van der Waals surface area contributed by atoms with Crippen molar-refractivity contribution in [3.63, 3.8) is 0 Å². The van der Waals surface area contributed by atoms with Crippen molar-refractivity contribution in [3.05, 3.63) is 29.8 Å². The van der Waals surface area contributed by atoms with E-state index in [-0.39, 0.29) is 23.7 Å². The largest absolute Gasteiger partial charge is 0.356 e. The zero-order chi connectivity index (χ0) is 18.5. The third-order valence-corrected chi connectivity index (χ3v) is 5.65. The number of nitrogens with one attached hydrogen (secondary N) is 1. The maximum absolute atomic E-state index is 13.2. The first kappa shape index (κ1) is 18.9. The minimum atomic E-state index is -0.177. The molecule has 1 heterocycles. The number of para-hydroxylation sites is 1. The molecule has 1 fully saturated rings. The Labute approximate surface area is 156 Å². The van der Waals surface area contributed by atoms with Gasteiger partial charge in [-0.05, 0) is 58.0 Å². The summed E-state index contributed by atoms with van der Waals surface area (Å²) >= 11 is 0. The molecule has 1 aromatic rings. The second kappa shape index (κ2) is 8.67. The molecule has 0 bridgehead atoms. The summed E-state index contributed by atoms with van der Waals surface area (Å²) in [5.74, 6) is -0.149. The summed E-state index contributed by atoms with van der Waals surface area (Å²) in [6, 6.07) is 8.13. The van der Waals surface area contributed by atoms with E-state index < -0.39 is 0 Å². The van der Waals surface area contributed by atoms with E-state index in [0.717, 1.165) is 57.3 Å². The molecule has 1 N–H and O–H groups in total. The molecular formula is C21H31N3O2. The number of amides is 2. The Balaban J connectivity index is 1.63. The van der Waals surface area contributed by atoms with Crippen LogP contribution in [0.1, 0.15) is 37.7 Å². The molecule has 0 spiro atoms. The average molecular weight is 357 g/mol. The Morgan fingerprint density at radius 2 is 1.88 bits per heavy atom. The van der Waals surface area contributed by atoms with E-state index in [1.54, 1.807) is 0 Å². The zero-order valence-electron chi connectivity index (χ0n) is 16.0. The maximum atomic E-state index is 13.2. The fraction of sp³-hybridized carbons (Fsp3) is 0.619. The monoisotopic (exact) mass is 357 g/mol. The van der Waals surface area contributed by atoms with Gasteiger partial charge in [0.05, 0.1) is 5.92 Å². The van der Waals surface area contributed by atoms with Crippen LogP contribution < -0.4 is 10.2 Å². The van der Waals surface area contributed by atoms with Crippen LogP contribution in [0.2, 0.25) is 0 Å². The van der Waals surface area contributed by atoms with Crippen molar-refractivity contribution in [1.29, 1.82) is 0 Å². The molecule has 2 amide bonds. The van der Waals surface area contributed by atoms with E-state index in [0.29, 0.717) is 6.54 Å². The smallest absolute Gasteiger partial charge is 0.230 e. The molecule has 1 saturated carbocycles. The summed E-state index contributed by atoms with van der Waals surface area (Å²) in [6.07, 6.45) is 5.57. The summed E-state index contributed by atoms with van der Waals surface area (Å²) in [7, 11) is 4.07. The fourth-order valence-electron chi connectivity index (χ4n) is 4.25. The van der Waals surface area contributed by atoms with Crippen LogP contribution in [0.15, 0.2) is 24.3 Å². The lowest BCUT2D eigenvalue weighted by atomic mass is 9.77. The number of rotatable bonds is 6. The molecular weight excluding hydrogens is 326 g/mol. The summed E-state index contributed by atoms with van der Waals surface area (Å²) in [6.45, 7) is 2.38. The Morgan fingerprint density at radius 3 is 2.65 bits per heavy atom. The molecule has 5 nitrogen and oxygen atoms in total. The van der Waals surface area contributed by atoms with Gasteiger partial charge in [-0.25, -0.2) is 0 Å². The number of carbonyl (C=O) groups excluding carboxylic acids is 2. The van der Waals surface area contributed by atoms with Crippen molar-refractivity contribution < 1.29 is 9.59 Å². The molecule has 1 aromatic carbocycles. The zero-order valence-corrected chi connectivity index (χ0v) is 16.0. The van der Waals surface area contributed by atoms with Crippen molar-refractivity contribution in [2.75, 3.05) is 38.6 Å². The van der Waals surface area contributed by atoms with Crippen LogP contribution in [0, 0.1) is 11.8 Å². The van der Waals surface area contributed by atoms with Gasteiger partial charge in [-0.2, -0.15) is 0 Å². The molecule has 5 heteroatoms. The molecule has 142 valence electrons. The summed E-state index contributed by atoms with van der Waals surface area (Å²) in [5.41, 5.74) is 2.27. The van der Waals surface area contributed by atoms with Gasteiger partial charge in [-0.15, -0.1) is 0 Å². The molecule has 1 aliphatic heterocycles. The molecule has 0 saturated heterocycles. The lowest BCUT2D eigenvalue weighted by molar-refractivity contribution is -0.135. The first-order valence-corrected chi connectivity index (χ1v) is 9.89. The molecule has 26 heavy (non-hydrogen) atoms. The predicted octanol–water partition coefficient (Wildman–Crippen LogP) is 2.45. The van der Waals surface area contributed by atoms with Gasteiger partial charge < -0.3 is 15.1 Å². The molecule has 1 aliphatic carbocycles. The molecule has 2 aliphatic rings. The highest BCUT2D eigenvalue weighted by Gasteiger charge is 2.39. The van der Waals surface area contributed by atoms with E-state index >= 15 is 0 Å². The molecule has 3 rings (SSSR count). The van der Waals surface area contributed by atoms with Gasteiger partial charge in [0.2, 0.25) is 11.8 Å². The van der Waals surface area contributed by atoms with E-state index in [2.05, 4.69) is 16.3 Å². The lowest BCUT2D eigenvalue weighted by Crippen LogP contribution is -2.45. The second-order valence-electron chi connectivity index (χ2n) is 7.81. The fourth-order valence-corrected chi connectivity index (χ4v) is 4.25. The van der Waals surface area contributed by atoms with Crippen LogP contribution in [0.5, 0.6) is 0 Å². The van der Waals surface area contributed by atoms with Crippen LogP contribution >= 0.6 is 0 Å². The topological polar surface area (TPSA) is 52.7 Å². The summed E-state index contributed by atoms with van der Waals surface area (Å²) in [4.78, 5) is 30.0. The quantitative estimate of drug-likeness (QED) is 0.796. The molecule has 0 aromatic heterocycles. The third kappa shape index (κ3) is 4.26. The Hall–Kier alpha value is -1.88. The normalized spacial score (nSPS) is 22.3. The summed E-state index contributed by atoms with van der Waals surface area (Å²) < 4.78 is 0. The van der Waals surface area contributed by atoms with Gasteiger partial charge >= 0.3 is 0 Å². The molecule has 2 atom stereocenters. The predicted molar refractivity (Wildman–Crippen MR) is 104 cm³/mol. The summed E-state index contributed by atoms with van der Waals surface area (Å²) in [5, 5.41) is 3.07. The van der Waals surface area contributed by atoms with E-state index in [9.17, 15) is 9.59 Å². The van der Waals surface area contributed by atoms with Crippen molar-refractivity contribution in [2.24, 2.45) is 11.8 Å². The number of benzene rings is 1. The van der Waals surface area contributed by atoms with Gasteiger partial charge in [-0.1, -0.05) is 31.0 Å². The lowest BCUT2D eigenvalue weighted by Gasteiger charge is -2.32. The highest BCUT2D eigenvalue weighted by Crippen LogP contribution is 2.35. The maximum Gasteiger partial charge on any atom is 0.230 e. The number of fused-ring (bicyclic) bond motifs is 1.